The number of aliphatic hydroxyl groups excluding tert-OH is 1. The summed E-state index contributed by atoms with van der Waals surface area (Å²) >= 11 is 3.33. The highest BCUT2D eigenvalue weighted by Gasteiger charge is 2.39. The van der Waals surface area contributed by atoms with Crippen molar-refractivity contribution in [2.75, 3.05) is 26.3 Å². The summed E-state index contributed by atoms with van der Waals surface area (Å²) in [6.07, 6.45) is -3.61. The molecule has 11 nitrogen and oxygen atoms in total. The zero-order valence-electron chi connectivity index (χ0n) is 26.3. The van der Waals surface area contributed by atoms with Crippen LogP contribution in [0.1, 0.15) is 17.8 Å². The summed E-state index contributed by atoms with van der Waals surface area (Å²) in [5, 5.41) is 16.4. The predicted octanol–water partition coefficient (Wildman–Crippen LogP) is 5.26. The second-order valence-corrected chi connectivity index (χ2v) is 14.4. The van der Waals surface area contributed by atoms with Gasteiger partial charge in [-0.3, -0.25) is 14.2 Å². The molecule has 2 aromatic heterocycles. The lowest BCUT2D eigenvalue weighted by Gasteiger charge is -2.34. The Balaban J connectivity index is 1.05. The van der Waals surface area contributed by atoms with Crippen LogP contribution in [0.3, 0.4) is 0 Å². The highest BCUT2D eigenvalue weighted by Crippen LogP contribution is 2.40. The molecular weight excluding hydrogens is 702 g/mol. The van der Waals surface area contributed by atoms with E-state index in [4.69, 9.17) is 23.1 Å². The third-order valence-electron chi connectivity index (χ3n) is 8.31. The first-order valence-corrected chi connectivity index (χ1v) is 17.8. The van der Waals surface area contributed by atoms with Crippen LogP contribution in [0.2, 0.25) is 0 Å². The van der Waals surface area contributed by atoms with Gasteiger partial charge in [0.2, 0.25) is 0 Å². The Morgan fingerprint density at radius 2 is 1.46 bits per heavy atom. The van der Waals surface area contributed by atoms with E-state index in [0.717, 1.165) is 26.8 Å². The minimum Gasteiger partial charge on any atom is -0.486 e. The fourth-order valence-electron chi connectivity index (χ4n) is 5.85. The number of benzene rings is 3. The van der Waals surface area contributed by atoms with Crippen molar-refractivity contribution in [3.8, 4) is 23.0 Å². The van der Waals surface area contributed by atoms with Gasteiger partial charge in [-0.15, -0.1) is 0 Å². The number of nitrogens with zero attached hydrogens (tertiary/aromatic N) is 2. The largest absolute Gasteiger partial charge is 0.486 e. The number of ether oxygens (including phenoxy) is 4. The summed E-state index contributed by atoms with van der Waals surface area (Å²) in [5.41, 5.74) is 3.29. The highest BCUT2D eigenvalue weighted by molar-refractivity contribution is 9.10. The van der Waals surface area contributed by atoms with Gasteiger partial charge in [-0.1, -0.05) is 15.9 Å². The van der Waals surface area contributed by atoms with Crippen LogP contribution in [-0.2, 0) is 14.3 Å². The molecule has 4 atom stereocenters. The molecule has 2 aliphatic rings. The molecule has 4 heterocycles. The van der Waals surface area contributed by atoms with Crippen LogP contribution < -0.4 is 24.3 Å². The first kappa shape index (κ1) is 32.5. The Bertz CT molecular complexity index is 2080. The molecule has 0 fully saturated rings. The lowest BCUT2D eigenvalue weighted by Crippen LogP contribution is -2.49. The molecule has 48 heavy (non-hydrogen) atoms. The summed E-state index contributed by atoms with van der Waals surface area (Å²) in [6.45, 7) is 4.91. The quantitative estimate of drug-likeness (QED) is 0.144. The summed E-state index contributed by atoms with van der Waals surface area (Å²) in [5.74, 6) is 2.24. The van der Waals surface area contributed by atoms with Crippen LogP contribution in [0.15, 0.2) is 82.2 Å². The molecule has 2 N–H and O–H groups in total. The molecular formula is C35H34BrN3O8S. The number of hydrogen-bond acceptors (Lipinski definition) is 11. The highest BCUT2D eigenvalue weighted by atomic mass is 79.9. The third-order valence-corrected chi connectivity index (χ3v) is 10.2. The molecule has 13 heteroatoms. The van der Waals surface area contributed by atoms with Crippen molar-refractivity contribution in [2.45, 2.75) is 49.6 Å². The number of fused-ring (bicyclic) bond motifs is 6. The smallest absolute Gasteiger partial charge is 0.297 e. The number of pyridine rings is 2. The maximum absolute atomic E-state index is 13.4. The van der Waals surface area contributed by atoms with E-state index in [-0.39, 0.29) is 24.0 Å². The van der Waals surface area contributed by atoms with Crippen LogP contribution in [0.25, 0.3) is 21.8 Å². The summed E-state index contributed by atoms with van der Waals surface area (Å²) in [6, 6.07) is 21.1. The first-order valence-electron chi connectivity index (χ1n) is 15.6. The van der Waals surface area contributed by atoms with Gasteiger partial charge in [-0.25, -0.2) is 0 Å². The number of aromatic nitrogens is 2. The number of rotatable bonds is 10. The Hall–Kier alpha value is -4.01. The second kappa shape index (κ2) is 13.5. The normalized spacial score (nSPS) is 18.5. The predicted molar refractivity (Wildman–Crippen MR) is 182 cm³/mol. The van der Waals surface area contributed by atoms with Gasteiger partial charge in [0.25, 0.3) is 10.1 Å². The van der Waals surface area contributed by atoms with Gasteiger partial charge in [0.15, 0.2) is 29.1 Å². The molecule has 2 unspecified atom stereocenters. The van der Waals surface area contributed by atoms with Crippen LogP contribution in [0.4, 0.5) is 0 Å². The van der Waals surface area contributed by atoms with Gasteiger partial charge in [0.05, 0.1) is 22.0 Å². The lowest BCUT2D eigenvalue weighted by atomic mass is 10.0. The Morgan fingerprint density at radius 3 is 2.10 bits per heavy atom. The van der Waals surface area contributed by atoms with E-state index >= 15 is 0 Å². The molecule has 250 valence electrons. The zero-order valence-corrected chi connectivity index (χ0v) is 28.7. The molecule has 0 radical (unpaired) electrons. The molecule has 0 spiro atoms. The monoisotopic (exact) mass is 735 g/mol. The SMILES string of the molecule is Cc1ccc2c3c(ccc2n1)OC[C@H](CNCCC(O)C(OS(=O)(=O)c1ccc(Br)cc1)[C@H]1COc2ccc4nc(C)ccc4c2O1)O3. The second-order valence-electron chi connectivity index (χ2n) is 11.9. The first-order chi connectivity index (χ1) is 23.1. The molecule has 0 saturated heterocycles. The van der Waals surface area contributed by atoms with E-state index in [9.17, 15) is 13.5 Å². The summed E-state index contributed by atoms with van der Waals surface area (Å²) in [4.78, 5) is 9.10. The summed E-state index contributed by atoms with van der Waals surface area (Å²) in [7, 11) is -4.28. The van der Waals surface area contributed by atoms with Crippen LogP contribution in [0.5, 0.6) is 23.0 Å². The molecule has 0 amide bonds. The molecule has 0 saturated carbocycles. The van der Waals surface area contributed by atoms with E-state index in [1.807, 2.05) is 56.3 Å². The van der Waals surface area contributed by atoms with E-state index in [1.54, 1.807) is 18.2 Å². The van der Waals surface area contributed by atoms with Gasteiger partial charge in [-0.2, -0.15) is 8.42 Å². The maximum atomic E-state index is 13.4. The van der Waals surface area contributed by atoms with Gasteiger partial charge in [-0.05, 0) is 99.6 Å². The average Bonchev–Trinajstić information content (AvgIpc) is 3.08. The van der Waals surface area contributed by atoms with Crippen LogP contribution >= 0.6 is 15.9 Å². The van der Waals surface area contributed by atoms with Crippen LogP contribution in [0, 0.1) is 13.8 Å². The Kier molecular flexibility index (Phi) is 9.14. The third kappa shape index (κ3) is 6.78. The fraction of sp³-hybridized carbons (Fsp3) is 0.314. The number of aryl methyl sites for hydroxylation is 2. The molecule has 0 bridgehead atoms. The average molecular weight is 737 g/mol. The number of halogens is 1. The topological polar surface area (TPSA) is 138 Å². The molecule has 5 aromatic rings. The van der Waals surface area contributed by atoms with E-state index < -0.39 is 28.4 Å². The van der Waals surface area contributed by atoms with Crippen molar-refractivity contribution in [1.82, 2.24) is 15.3 Å². The molecule has 3 aromatic carbocycles. The van der Waals surface area contributed by atoms with Crippen molar-refractivity contribution in [3.63, 3.8) is 0 Å². The zero-order chi connectivity index (χ0) is 33.4. The fourth-order valence-corrected chi connectivity index (χ4v) is 7.24. The van der Waals surface area contributed by atoms with Crippen molar-refractivity contribution >= 4 is 47.9 Å². The van der Waals surface area contributed by atoms with Gasteiger partial charge in [0.1, 0.15) is 25.4 Å². The summed E-state index contributed by atoms with van der Waals surface area (Å²) < 4.78 is 58.0. The Labute approximate surface area is 286 Å². The van der Waals surface area contributed by atoms with E-state index in [2.05, 4.69) is 31.2 Å². The van der Waals surface area contributed by atoms with Crippen molar-refractivity contribution < 1.29 is 36.7 Å². The number of hydrogen-bond donors (Lipinski definition) is 2. The van der Waals surface area contributed by atoms with E-state index in [1.165, 1.54) is 12.1 Å². The maximum Gasteiger partial charge on any atom is 0.297 e. The molecule has 2 aliphatic heterocycles. The van der Waals surface area contributed by atoms with Crippen molar-refractivity contribution in [1.29, 1.82) is 0 Å². The molecule has 7 rings (SSSR count). The van der Waals surface area contributed by atoms with Crippen LogP contribution in [-0.4, -0.2) is 74.2 Å². The number of nitrogens with one attached hydrogen (secondary N) is 1. The minimum atomic E-state index is -4.28. The number of aliphatic hydroxyl groups is 1. The van der Waals surface area contributed by atoms with Gasteiger partial charge >= 0.3 is 0 Å². The van der Waals surface area contributed by atoms with E-state index in [0.29, 0.717) is 53.6 Å². The molecule has 0 aliphatic carbocycles. The van der Waals surface area contributed by atoms with Crippen molar-refractivity contribution in [3.05, 3.63) is 88.7 Å². The van der Waals surface area contributed by atoms with Crippen molar-refractivity contribution in [2.24, 2.45) is 0 Å². The Morgan fingerprint density at radius 1 is 0.854 bits per heavy atom. The lowest BCUT2D eigenvalue weighted by molar-refractivity contribution is -0.0572. The minimum absolute atomic E-state index is 0.0300. The standard InChI is InChI=1S/C35H34BrN3O8S/c1-20-3-9-25-27(38-20)11-13-30-33(25)45-23(18-43-30)17-37-16-15-29(40)35(47-48(41,42)24-7-5-22(36)6-8-24)32-19-44-31-14-12-28-26(34(31)46-32)10-4-21(2)39-28/h3-14,23,29,32,35,37,40H,15-19H2,1-2H3/t23-,29?,32+,35?/m0/s1. The van der Waals surface area contributed by atoms with Gasteiger partial charge < -0.3 is 29.4 Å². The van der Waals surface area contributed by atoms with Gasteiger partial charge in [0, 0.05) is 33.2 Å².